The van der Waals surface area contributed by atoms with Gasteiger partial charge in [-0.3, -0.25) is 14.4 Å². The predicted molar refractivity (Wildman–Crippen MR) is 150 cm³/mol. The van der Waals surface area contributed by atoms with Crippen LogP contribution in [0.2, 0.25) is 0 Å². The fourth-order valence-corrected chi connectivity index (χ4v) is 11.9. The van der Waals surface area contributed by atoms with E-state index in [-0.39, 0.29) is 68.4 Å². The number of carbonyl (C=O) groups excluding carboxylic acids is 3. The Morgan fingerprint density at radius 3 is 2.05 bits per heavy atom. The zero-order valence-electron chi connectivity index (χ0n) is 25.2. The van der Waals surface area contributed by atoms with Crippen LogP contribution in [-0.4, -0.2) is 23.1 Å². The standard InChI is InChI=1S/C33H49ClO4/c1-19(2)25-22(36)18-33(27(34)37)17-16-29(6)21(26(25)33)10-14-32(9)30(7)13-12-24(38-20(3)35)28(4,5)23(30)11-15-31(29,32)8/h19,21,23-24H,10-18H2,1-9H3/t21-,23+,24+,29-,30?,31?,32-,33-/m1/s1. The third-order valence-electron chi connectivity index (χ3n) is 14.0. The molecule has 0 amide bonds. The molecule has 0 aromatic rings. The highest BCUT2D eigenvalue weighted by atomic mass is 35.5. The summed E-state index contributed by atoms with van der Waals surface area (Å²) in [5, 5.41) is -0.321. The van der Waals surface area contributed by atoms with Crippen molar-refractivity contribution >= 4 is 28.6 Å². The van der Waals surface area contributed by atoms with Crippen molar-refractivity contribution in [2.45, 2.75) is 126 Å². The second-order valence-corrected chi connectivity index (χ2v) is 15.9. The number of halogens is 1. The molecule has 212 valence electrons. The van der Waals surface area contributed by atoms with Gasteiger partial charge in [0.1, 0.15) is 6.10 Å². The zero-order valence-corrected chi connectivity index (χ0v) is 25.9. The van der Waals surface area contributed by atoms with Crippen molar-refractivity contribution in [2.24, 2.45) is 50.2 Å². The average molecular weight is 545 g/mol. The van der Waals surface area contributed by atoms with Gasteiger partial charge in [-0.1, -0.05) is 55.4 Å². The molecule has 2 unspecified atom stereocenters. The molecule has 0 heterocycles. The third kappa shape index (κ3) is 3.19. The van der Waals surface area contributed by atoms with Gasteiger partial charge in [0, 0.05) is 18.8 Å². The summed E-state index contributed by atoms with van der Waals surface area (Å²) >= 11 is 6.39. The molecule has 0 radical (unpaired) electrons. The third-order valence-corrected chi connectivity index (χ3v) is 14.4. The summed E-state index contributed by atoms with van der Waals surface area (Å²) in [5.41, 5.74) is 1.41. The maximum absolute atomic E-state index is 13.4. The van der Waals surface area contributed by atoms with E-state index in [1.165, 1.54) is 6.92 Å². The predicted octanol–water partition coefficient (Wildman–Crippen LogP) is 8.05. The fourth-order valence-electron chi connectivity index (χ4n) is 11.6. The van der Waals surface area contributed by atoms with Crippen LogP contribution < -0.4 is 0 Å². The number of esters is 1. The summed E-state index contributed by atoms with van der Waals surface area (Å²) in [4.78, 5) is 38.4. The minimum atomic E-state index is -0.794. The molecule has 0 saturated heterocycles. The quantitative estimate of drug-likeness (QED) is 0.266. The lowest BCUT2D eigenvalue weighted by molar-refractivity contribution is -0.277. The monoisotopic (exact) mass is 544 g/mol. The molecule has 4 saturated carbocycles. The molecule has 0 spiro atoms. The first-order chi connectivity index (χ1) is 17.4. The molecule has 5 aliphatic rings. The SMILES string of the molecule is CC(=O)O[C@H]1CCC2(C)[C@@H](CCC3(C)[C@]2(C)CC[C@@H]2C4=C(C(C)C)C(=O)C[C@]4(C(=O)Cl)CC[C@]23C)C1(C)C. The Balaban J connectivity index is 1.62. The van der Waals surface area contributed by atoms with Gasteiger partial charge < -0.3 is 4.74 Å². The minimum absolute atomic E-state index is 0.0131. The van der Waals surface area contributed by atoms with E-state index in [9.17, 15) is 14.4 Å². The number of hydrogen-bond donors (Lipinski definition) is 0. The number of allylic oxidation sites excluding steroid dienone is 2. The summed E-state index contributed by atoms with van der Waals surface area (Å²) in [6, 6.07) is 0. The van der Waals surface area contributed by atoms with Crippen molar-refractivity contribution in [3.63, 3.8) is 0 Å². The van der Waals surface area contributed by atoms with E-state index in [1.807, 2.05) is 0 Å². The van der Waals surface area contributed by atoms with Gasteiger partial charge in [0.2, 0.25) is 5.24 Å². The van der Waals surface area contributed by atoms with Crippen LogP contribution in [0.1, 0.15) is 120 Å². The highest BCUT2D eigenvalue weighted by Gasteiger charge is 2.74. The molecular formula is C33H49ClO4. The molecule has 4 fully saturated rings. The maximum atomic E-state index is 13.4. The van der Waals surface area contributed by atoms with Gasteiger partial charge >= 0.3 is 5.97 Å². The van der Waals surface area contributed by atoms with Gasteiger partial charge in [-0.15, -0.1) is 0 Å². The topological polar surface area (TPSA) is 60.4 Å². The molecule has 5 heteroatoms. The molecule has 0 bridgehead atoms. The van der Waals surface area contributed by atoms with E-state index in [0.29, 0.717) is 12.3 Å². The van der Waals surface area contributed by atoms with Gasteiger partial charge in [0.25, 0.3) is 0 Å². The molecule has 0 aromatic carbocycles. The van der Waals surface area contributed by atoms with E-state index >= 15 is 0 Å². The van der Waals surface area contributed by atoms with Gasteiger partial charge in [0.15, 0.2) is 5.78 Å². The molecule has 38 heavy (non-hydrogen) atoms. The first-order valence-electron chi connectivity index (χ1n) is 15.1. The Morgan fingerprint density at radius 1 is 0.868 bits per heavy atom. The van der Waals surface area contributed by atoms with E-state index in [0.717, 1.165) is 56.1 Å². The Labute approximate surface area is 235 Å². The molecule has 0 N–H and O–H groups in total. The number of fused-ring (bicyclic) bond motifs is 7. The lowest BCUT2D eigenvalue weighted by atomic mass is 9.28. The van der Waals surface area contributed by atoms with E-state index in [2.05, 4.69) is 55.4 Å². The molecule has 0 aliphatic heterocycles. The summed E-state index contributed by atoms with van der Waals surface area (Å²) in [6.07, 6.45) is 8.15. The van der Waals surface area contributed by atoms with Crippen LogP contribution in [-0.2, 0) is 19.1 Å². The van der Waals surface area contributed by atoms with Gasteiger partial charge in [-0.25, -0.2) is 0 Å². The fraction of sp³-hybridized carbons (Fsp3) is 0.848. The van der Waals surface area contributed by atoms with Crippen LogP contribution in [0, 0.1) is 50.2 Å². The smallest absolute Gasteiger partial charge is 0.302 e. The summed E-state index contributed by atoms with van der Waals surface area (Å²) in [6.45, 7) is 20.5. The Hall–Kier alpha value is -1.16. The normalized spacial score (nSPS) is 47.7. The van der Waals surface area contributed by atoms with Crippen LogP contribution >= 0.6 is 11.6 Å². The molecule has 4 nitrogen and oxygen atoms in total. The lowest BCUT2D eigenvalue weighted by Gasteiger charge is -2.76. The van der Waals surface area contributed by atoms with Crippen molar-refractivity contribution in [1.82, 2.24) is 0 Å². The zero-order chi connectivity index (χ0) is 28.3. The van der Waals surface area contributed by atoms with Gasteiger partial charge in [-0.2, -0.15) is 0 Å². The molecule has 0 aromatic heterocycles. The molecular weight excluding hydrogens is 496 g/mol. The van der Waals surface area contributed by atoms with Crippen LogP contribution in [0.4, 0.5) is 0 Å². The average Bonchev–Trinajstić information content (AvgIpc) is 3.11. The highest BCUT2D eigenvalue weighted by Crippen LogP contribution is 2.81. The molecule has 8 atom stereocenters. The van der Waals surface area contributed by atoms with Crippen molar-refractivity contribution in [1.29, 1.82) is 0 Å². The number of hydrogen-bond acceptors (Lipinski definition) is 4. The highest BCUT2D eigenvalue weighted by molar-refractivity contribution is 6.65. The van der Waals surface area contributed by atoms with Crippen molar-refractivity contribution in [3.8, 4) is 0 Å². The number of carbonyl (C=O) groups is 3. The number of ketones is 1. The summed E-state index contributed by atoms with van der Waals surface area (Å²) in [5.74, 6) is 0.757. The van der Waals surface area contributed by atoms with E-state index in [1.54, 1.807) is 0 Å². The van der Waals surface area contributed by atoms with Gasteiger partial charge in [-0.05, 0) is 114 Å². The van der Waals surface area contributed by atoms with Crippen molar-refractivity contribution in [3.05, 3.63) is 11.1 Å². The Bertz CT molecular complexity index is 1120. The van der Waals surface area contributed by atoms with Crippen LogP contribution in [0.25, 0.3) is 0 Å². The molecule has 5 rings (SSSR count). The first-order valence-corrected chi connectivity index (χ1v) is 15.5. The van der Waals surface area contributed by atoms with Crippen LogP contribution in [0.15, 0.2) is 11.1 Å². The van der Waals surface area contributed by atoms with Crippen LogP contribution in [0.3, 0.4) is 0 Å². The minimum Gasteiger partial charge on any atom is -0.462 e. The number of ether oxygens (including phenoxy) is 1. The van der Waals surface area contributed by atoms with Gasteiger partial charge in [0.05, 0.1) is 5.41 Å². The molecule has 5 aliphatic carbocycles. The van der Waals surface area contributed by atoms with Crippen LogP contribution in [0.5, 0.6) is 0 Å². The van der Waals surface area contributed by atoms with Crippen molar-refractivity contribution in [2.75, 3.05) is 0 Å². The van der Waals surface area contributed by atoms with E-state index in [4.69, 9.17) is 16.3 Å². The summed E-state index contributed by atoms with van der Waals surface area (Å²) in [7, 11) is 0. The second-order valence-electron chi connectivity index (χ2n) is 15.6. The Kier molecular flexibility index (Phi) is 6.29. The summed E-state index contributed by atoms with van der Waals surface area (Å²) < 4.78 is 5.90. The lowest BCUT2D eigenvalue weighted by Crippen LogP contribution is -2.70. The second kappa shape index (κ2) is 8.43. The largest absolute Gasteiger partial charge is 0.462 e. The number of Topliss-reactive ketones (excluding diaryl/α,β-unsaturated/α-hetero) is 1. The van der Waals surface area contributed by atoms with E-state index < -0.39 is 5.41 Å². The first kappa shape index (κ1) is 28.4. The van der Waals surface area contributed by atoms with Crippen molar-refractivity contribution < 1.29 is 19.1 Å². The number of rotatable bonds is 3. The maximum Gasteiger partial charge on any atom is 0.302 e. The Morgan fingerprint density at radius 2 is 1.47 bits per heavy atom.